The van der Waals surface area contributed by atoms with E-state index in [0.29, 0.717) is 24.5 Å². The van der Waals surface area contributed by atoms with Crippen LogP contribution < -0.4 is 15.4 Å². The van der Waals surface area contributed by atoms with Gasteiger partial charge in [0.1, 0.15) is 10.6 Å². The van der Waals surface area contributed by atoms with Crippen LogP contribution in [-0.4, -0.2) is 44.2 Å². The van der Waals surface area contributed by atoms with Crippen molar-refractivity contribution in [2.75, 3.05) is 30.3 Å². The molecule has 0 radical (unpaired) electrons. The number of anilines is 2. The SMILES string of the molecule is CCN(CC)S(=O)(=O)c1cc(NC(=O)c2ccc3c(c2)NC(=O)CO3)ccc1Cl. The highest BCUT2D eigenvalue weighted by atomic mass is 35.5. The molecule has 0 aliphatic carbocycles. The number of amides is 2. The molecule has 2 aromatic rings. The minimum Gasteiger partial charge on any atom is -0.482 e. The van der Waals surface area contributed by atoms with Gasteiger partial charge in [0.25, 0.3) is 11.8 Å². The van der Waals surface area contributed by atoms with Gasteiger partial charge in [-0.2, -0.15) is 4.31 Å². The lowest BCUT2D eigenvalue weighted by Gasteiger charge is -2.20. The van der Waals surface area contributed by atoms with Gasteiger partial charge in [0.05, 0.1) is 10.7 Å². The second-order valence-electron chi connectivity index (χ2n) is 6.24. The van der Waals surface area contributed by atoms with Gasteiger partial charge < -0.3 is 15.4 Å². The summed E-state index contributed by atoms with van der Waals surface area (Å²) in [5.74, 6) is -0.305. The maximum atomic E-state index is 12.8. The number of carbonyl (C=O) groups excluding carboxylic acids is 2. The zero-order valence-corrected chi connectivity index (χ0v) is 17.4. The highest BCUT2D eigenvalue weighted by molar-refractivity contribution is 7.89. The Labute approximate surface area is 173 Å². The maximum absolute atomic E-state index is 12.8. The average molecular weight is 438 g/mol. The third kappa shape index (κ3) is 4.36. The second kappa shape index (κ2) is 8.40. The maximum Gasteiger partial charge on any atom is 0.262 e. The molecule has 2 aromatic carbocycles. The van der Waals surface area contributed by atoms with Gasteiger partial charge >= 0.3 is 0 Å². The van der Waals surface area contributed by atoms with E-state index in [2.05, 4.69) is 10.6 Å². The van der Waals surface area contributed by atoms with E-state index in [9.17, 15) is 18.0 Å². The molecule has 1 aliphatic rings. The van der Waals surface area contributed by atoms with Crippen molar-refractivity contribution in [2.24, 2.45) is 0 Å². The van der Waals surface area contributed by atoms with Crippen molar-refractivity contribution in [1.82, 2.24) is 4.31 Å². The first-order valence-corrected chi connectivity index (χ1v) is 10.8. The molecular weight excluding hydrogens is 418 g/mol. The highest BCUT2D eigenvalue weighted by Gasteiger charge is 2.25. The number of carbonyl (C=O) groups is 2. The lowest BCUT2D eigenvalue weighted by Crippen LogP contribution is -2.30. The molecule has 8 nitrogen and oxygen atoms in total. The van der Waals surface area contributed by atoms with Crippen molar-refractivity contribution >= 4 is 44.8 Å². The van der Waals surface area contributed by atoms with Crippen molar-refractivity contribution in [1.29, 1.82) is 0 Å². The Morgan fingerprint density at radius 2 is 1.93 bits per heavy atom. The first-order chi connectivity index (χ1) is 13.8. The fourth-order valence-electron chi connectivity index (χ4n) is 2.91. The molecular formula is C19H20ClN3O5S. The second-order valence-corrected chi connectivity index (χ2v) is 8.55. The van der Waals surface area contributed by atoms with Gasteiger partial charge in [0.2, 0.25) is 10.0 Å². The predicted octanol–water partition coefficient (Wildman–Crippen LogP) is 2.95. The van der Waals surface area contributed by atoms with Gasteiger partial charge in [0.15, 0.2) is 6.61 Å². The van der Waals surface area contributed by atoms with E-state index < -0.39 is 15.9 Å². The number of rotatable bonds is 6. The molecule has 2 N–H and O–H groups in total. The van der Waals surface area contributed by atoms with E-state index in [-0.39, 0.29) is 33.7 Å². The molecule has 29 heavy (non-hydrogen) atoms. The molecule has 2 amide bonds. The monoisotopic (exact) mass is 437 g/mol. The van der Waals surface area contributed by atoms with Crippen LogP contribution in [0.15, 0.2) is 41.3 Å². The summed E-state index contributed by atoms with van der Waals surface area (Å²) in [6, 6.07) is 8.90. The zero-order valence-electron chi connectivity index (χ0n) is 15.9. The number of halogens is 1. The van der Waals surface area contributed by atoms with Crippen molar-refractivity contribution in [3.8, 4) is 5.75 Å². The topological polar surface area (TPSA) is 105 Å². The number of nitrogens with one attached hydrogen (secondary N) is 2. The van der Waals surface area contributed by atoms with E-state index in [1.54, 1.807) is 26.0 Å². The molecule has 0 spiro atoms. The molecule has 10 heteroatoms. The van der Waals surface area contributed by atoms with Gasteiger partial charge in [-0.25, -0.2) is 8.42 Å². The Morgan fingerprint density at radius 1 is 1.21 bits per heavy atom. The average Bonchev–Trinajstić information content (AvgIpc) is 2.69. The number of nitrogens with zero attached hydrogens (tertiary/aromatic N) is 1. The minimum absolute atomic E-state index is 0.0727. The number of hydrogen-bond acceptors (Lipinski definition) is 5. The van der Waals surface area contributed by atoms with Crippen LogP contribution in [0.3, 0.4) is 0 Å². The molecule has 1 heterocycles. The Bertz CT molecular complexity index is 1070. The summed E-state index contributed by atoms with van der Waals surface area (Å²) in [5, 5.41) is 5.36. The van der Waals surface area contributed by atoms with Crippen molar-refractivity contribution in [3.63, 3.8) is 0 Å². The molecule has 0 unspecified atom stereocenters. The quantitative estimate of drug-likeness (QED) is 0.722. The number of hydrogen-bond donors (Lipinski definition) is 2. The van der Waals surface area contributed by atoms with Crippen LogP contribution in [0.2, 0.25) is 5.02 Å². The molecule has 0 saturated carbocycles. The summed E-state index contributed by atoms with van der Waals surface area (Å²) in [4.78, 5) is 24.0. The third-order valence-electron chi connectivity index (χ3n) is 4.39. The lowest BCUT2D eigenvalue weighted by molar-refractivity contribution is -0.118. The largest absolute Gasteiger partial charge is 0.482 e. The molecule has 3 rings (SSSR count). The van der Waals surface area contributed by atoms with Gasteiger partial charge in [-0.15, -0.1) is 0 Å². The molecule has 154 valence electrons. The van der Waals surface area contributed by atoms with Gasteiger partial charge in [-0.1, -0.05) is 25.4 Å². The van der Waals surface area contributed by atoms with Gasteiger partial charge in [-0.3, -0.25) is 9.59 Å². The van der Waals surface area contributed by atoms with E-state index >= 15 is 0 Å². The Hall–Kier alpha value is -2.62. The molecule has 0 bridgehead atoms. The van der Waals surface area contributed by atoms with Crippen LogP contribution in [0.1, 0.15) is 24.2 Å². The summed E-state index contributed by atoms with van der Waals surface area (Å²) in [7, 11) is -3.79. The van der Waals surface area contributed by atoms with Crippen LogP contribution in [0.5, 0.6) is 5.75 Å². The molecule has 0 fully saturated rings. The summed E-state index contributed by atoms with van der Waals surface area (Å²) in [6.45, 7) is 3.99. The first kappa shape index (κ1) is 21.1. The number of fused-ring (bicyclic) bond motifs is 1. The highest BCUT2D eigenvalue weighted by Crippen LogP contribution is 2.30. The summed E-state index contributed by atoms with van der Waals surface area (Å²) < 4.78 is 32.1. The minimum atomic E-state index is -3.79. The number of benzene rings is 2. The Kier molecular flexibility index (Phi) is 6.11. The van der Waals surface area contributed by atoms with E-state index in [1.807, 2.05) is 0 Å². The van der Waals surface area contributed by atoms with Crippen molar-refractivity contribution in [2.45, 2.75) is 18.7 Å². The predicted molar refractivity (Wildman–Crippen MR) is 110 cm³/mol. The third-order valence-corrected chi connectivity index (χ3v) is 6.92. The summed E-state index contributed by atoms with van der Waals surface area (Å²) in [6.07, 6.45) is 0. The first-order valence-electron chi connectivity index (χ1n) is 8.94. The van der Waals surface area contributed by atoms with Crippen LogP contribution in [-0.2, 0) is 14.8 Å². The van der Waals surface area contributed by atoms with Crippen molar-refractivity contribution < 1.29 is 22.7 Å². The van der Waals surface area contributed by atoms with Crippen molar-refractivity contribution in [3.05, 3.63) is 47.0 Å². The van der Waals surface area contributed by atoms with Crippen LogP contribution >= 0.6 is 11.6 Å². The Morgan fingerprint density at radius 3 is 2.62 bits per heavy atom. The number of sulfonamides is 1. The standard InChI is InChI=1S/C19H20ClN3O5S/c1-3-23(4-2)29(26,27)17-10-13(6-7-14(17)20)21-19(25)12-5-8-16-15(9-12)22-18(24)11-28-16/h5-10H,3-4,11H2,1-2H3,(H,21,25)(H,22,24). The molecule has 0 saturated heterocycles. The van der Waals surface area contributed by atoms with Gasteiger partial charge in [-0.05, 0) is 36.4 Å². The van der Waals surface area contributed by atoms with Crippen LogP contribution in [0.25, 0.3) is 0 Å². The fourth-order valence-corrected chi connectivity index (χ4v) is 4.87. The normalized spacial score (nSPS) is 13.4. The van der Waals surface area contributed by atoms with E-state index in [4.69, 9.17) is 16.3 Å². The Balaban J connectivity index is 1.87. The summed E-state index contributed by atoms with van der Waals surface area (Å²) in [5.41, 5.74) is 0.954. The van der Waals surface area contributed by atoms with E-state index in [0.717, 1.165) is 0 Å². The zero-order chi connectivity index (χ0) is 21.2. The molecule has 1 aliphatic heterocycles. The van der Waals surface area contributed by atoms with Crippen LogP contribution in [0.4, 0.5) is 11.4 Å². The molecule has 0 atom stereocenters. The van der Waals surface area contributed by atoms with Crippen LogP contribution in [0, 0.1) is 0 Å². The number of ether oxygens (including phenoxy) is 1. The van der Waals surface area contributed by atoms with Gasteiger partial charge in [0, 0.05) is 24.3 Å². The van der Waals surface area contributed by atoms with E-state index in [1.165, 1.54) is 28.6 Å². The molecule has 0 aromatic heterocycles. The lowest BCUT2D eigenvalue weighted by atomic mass is 10.1. The smallest absolute Gasteiger partial charge is 0.262 e. The fraction of sp³-hybridized carbons (Fsp3) is 0.263. The summed E-state index contributed by atoms with van der Waals surface area (Å²) >= 11 is 6.11.